The van der Waals surface area contributed by atoms with Gasteiger partial charge in [-0.2, -0.15) is 0 Å². The van der Waals surface area contributed by atoms with Gasteiger partial charge in [0.05, 0.1) is 4.90 Å². The van der Waals surface area contributed by atoms with E-state index in [0.29, 0.717) is 18.7 Å². The van der Waals surface area contributed by atoms with Crippen molar-refractivity contribution < 1.29 is 13.2 Å². The number of sulfonamides is 1. The number of nitrogens with one attached hydrogen (secondary N) is 1. The molecule has 0 aliphatic carbocycles. The maximum atomic E-state index is 12.5. The average Bonchev–Trinajstić information content (AvgIpc) is 2.95. The van der Waals surface area contributed by atoms with Crippen molar-refractivity contribution >= 4 is 27.3 Å². The average molecular weight is 344 g/mol. The number of carbonyl (C=O) groups excluding carboxylic acids is 1. The van der Waals surface area contributed by atoms with E-state index in [0.717, 1.165) is 23.2 Å². The van der Waals surface area contributed by atoms with E-state index in [4.69, 9.17) is 0 Å². The van der Waals surface area contributed by atoms with E-state index in [1.807, 2.05) is 26.0 Å². The first-order valence-electron chi connectivity index (χ1n) is 7.87. The minimum absolute atomic E-state index is 0.0893. The Morgan fingerprint density at radius 2 is 1.75 bits per heavy atom. The van der Waals surface area contributed by atoms with Crippen LogP contribution in [0.15, 0.2) is 47.4 Å². The van der Waals surface area contributed by atoms with E-state index in [2.05, 4.69) is 4.72 Å². The van der Waals surface area contributed by atoms with Crippen molar-refractivity contribution in [3.8, 4) is 0 Å². The van der Waals surface area contributed by atoms with Gasteiger partial charge < -0.3 is 4.90 Å². The third-order valence-corrected chi connectivity index (χ3v) is 5.53. The summed E-state index contributed by atoms with van der Waals surface area (Å²) < 4.78 is 27.7. The number of nitrogens with zero attached hydrogens (tertiary/aromatic N) is 1. The van der Waals surface area contributed by atoms with Gasteiger partial charge in [-0.05, 0) is 56.2 Å². The van der Waals surface area contributed by atoms with Gasteiger partial charge in [0.1, 0.15) is 0 Å². The van der Waals surface area contributed by atoms with E-state index in [-0.39, 0.29) is 10.8 Å². The Labute approximate surface area is 142 Å². The molecule has 2 aromatic rings. The molecule has 126 valence electrons. The summed E-state index contributed by atoms with van der Waals surface area (Å²) in [6.45, 7) is 4.46. The highest BCUT2D eigenvalue weighted by Crippen LogP contribution is 2.28. The molecule has 0 saturated carbocycles. The molecular formula is C18H20N2O3S. The van der Waals surface area contributed by atoms with Crippen LogP contribution in [0.4, 0.5) is 11.4 Å². The first-order chi connectivity index (χ1) is 11.4. The molecule has 0 aromatic heterocycles. The van der Waals surface area contributed by atoms with Crippen LogP contribution in [0.3, 0.4) is 0 Å². The lowest BCUT2D eigenvalue weighted by Gasteiger charge is -2.19. The molecule has 6 heteroatoms. The van der Waals surface area contributed by atoms with Crippen molar-refractivity contribution in [1.82, 2.24) is 0 Å². The number of amides is 1. The number of anilines is 2. The Hall–Kier alpha value is -2.34. The van der Waals surface area contributed by atoms with Crippen molar-refractivity contribution in [3.05, 3.63) is 53.6 Å². The van der Waals surface area contributed by atoms with Crippen molar-refractivity contribution in [2.45, 2.75) is 31.6 Å². The first-order valence-corrected chi connectivity index (χ1v) is 9.36. The second kappa shape index (κ2) is 6.28. The standard InChI is InChI=1S/C18H20N2O3S/c1-13-5-7-15(8-6-13)19-24(22,23)16-9-10-17(14(2)12-16)20-11-3-4-18(20)21/h5-10,12,19H,3-4,11H2,1-2H3. The van der Waals surface area contributed by atoms with Crippen LogP contribution in [0.25, 0.3) is 0 Å². The molecule has 1 fully saturated rings. The molecule has 0 bridgehead atoms. The molecule has 1 amide bonds. The van der Waals surface area contributed by atoms with Crippen LogP contribution in [0, 0.1) is 13.8 Å². The van der Waals surface area contributed by atoms with Crippen LogP contribution >= 0.6 is 0 Å². The van der Waals surface area contributed by atoms with Gasteiger partial charge in [-0.3, -0.25) is 9.52 Å². The van der Waals surface area contributed by atoms with Crippen LogP contribution in [0.1, 0.15) is 24.0 Å². The van der Waals surface area contributed by atoms with Gasteiger partial charge in [-0.1, -0.05) is 17.7 Å². The number of carbonyl (C=O) groups is 1. The Balaban J connectivity index is 1.87. The summed E-state index contributed by atoms with van der Waals surface area (Å²) in [5, 5.41) is 0. The van der Waals surface area contributed by atoms with Crippen LogP contribution < -0.4 is 9.62 Å². The summed E-state index contributed by atoms with van der Waals surface area (Å²) in [6.07, 6.45) is 1.39. The zero-order valence-corrected chi connectivity index (χ0v) is 14.6. The molecule has 3 rings (SSSR count). The van der Waals surface area contributed by atoms with E-state index in [1.165, 1.54) is 0 Å². The van der Waals surface area contributed by atoms with E-state index >= 15 is 0 Å². The molecule has 24 heavy (non-hydrogen) atoms. The largest absolute Gasteiger partial charge is 0.312 e. The van der Waals surface area contributed by atoms with Gasteiger partial charge in [0.2, 0.25) is 5.91 Å². The predicted octanol–water partition coefficient (Wildman–Crippen LogP) is 3.23. The predicted molar refractivity (Wildman–Crippen MR) is 94.8 cm³/mol. The summed E-state index contributed by atoms with van der Waals surface area (Å²) in [4.78, 5) is 13.8. The lowest BCUT2D eigenvalue weighted by molar-refractivity contribution is -0.117. The fourth-order valence-electron chi connectivity index (χ4n) is 2.84. The summed E-state index contributed by atoms with van der Waals surface area (Å²) in [6, 6.07) is 12.0. The van der Waals surface area contributed by atoms with Crippen LogP contribution in [0.2, 0.25) is 0 Å². The third-order valence-electron chi connectivity index (χ3n) is 4.15. The van der Waals surface area contributed by atoms with Gasteiger partial charge in [0.25, 0.3) is 10.0 Å². The maximum absolute atomic E-state index is 12.5. The molecule has 1 N–H and O–H groups in total. The molecular weight excluding hydrogens is 324 g/mol. The van der Waals surface area contributed by atoms with Gasteiger partial charge in [0, 0.05) is 24.3 Å². The summed E-state index contributed by atoms with van der Waals surface area (Å²) in [5.74, 6) is 0.0893. The topological polar surface area (TPSA) is 66.5 Å². The number of hydrogen-bond acceptors (Lipinski definition) is 3. The lowest BCUT2D eigenvalue weighted by Crippen LogP contribution is -2.24. The maximum Gasteiger partial charge on any atom is 0.261 e. The fraction of sp³-hybridized carbons (Fsp3) is 0.278. The second-order valence-corrected chi connectivity index (χ2v) is 7.75. The van der Waals surface area contributed by atoms with Crippen LogP contribution in [-0.2, 0) is 14.8 Å². The van der Waals surface area contributed by atoms with E-state index in [9.17, 15) is 13.2 Å². The quantitative estimate of drug-likeness (QED) is 0.926. The highest BCUT2D eigenvalue weighted by atomic mass is 32.2. The van der Waals surface area contributed by atoms with Crippen molar-refractivity contribution in [1.29, 1.82) is 0 Å². The molecule has 1 aliphatic rings. The van der Waals surface area contributed by atoms with Gasteiger partial charge in [-0.25, -0.2) is 8.42 Å². The number of rotatable bonds is 4. The minimum Gasteiger partial charge on any atom is -0.312 e. The summed E-state index contributed by atoms with van der Waals surface area (Å²) in [7, 11) is -3.66. The zero-order chi connectivity index (χ0) is 17.3. The second-order valence-electron chi connectivity index (χ2n) is 6.07. The zero-order valence-electron chi connectivity index (χ0n) is 13.7. The fourth-order valence-corrected chi connectivity index (χ4v) is 3.98. The Morgan fingerprint density at radius 1 is 1.04 bits per heavy atom. The lowest BCUT2D eigenvalue weighted by atomic mass is 10.2. The van der Waals surface area contributed by atoms with Gasteiger partial charge in [0.15, 0.2) is 0 Å². The first kappa shape index (κ1) is 16.5. The van der Waals surface area contributed by atoms with Crippen LogP contribution in [0.5, 0.6) is 0 Å². The smallest absolute Gasteiger partial charge is 0.261 e. The number of hydrogen-bond donors (Lipinski definition) is 1. The molecule has 0 unspecified atom stereocenters. The number of aryl methyl sites for hydroxylation is 2. The molecule has 0 spiro atoms. The van der Waals surface area contributed by atoms with Crippen molar-refractivity contribution in [2.75, 3.05) is 16.2 Å². The number of benzene rings is 2. The highest BCUT2D eigenvalue weighted by molar-refractivity contribution is 7.92. The minimum atomic E-state index is -3.66. The van der Waals surface area contributed by atoms with Crippen LogP contribution in [-0.4, -0.2) is 20.9 Å². The molecule has 1 aliphatic heterocycles. The van der Waals surface area contributed by atoms with Gasteiger partial charge >= 0.3 is 0 Å². The molecule has 0 radical (unpaired) electrons. The van der Waals surface area contributed by atoms with Gasteiger partial charge in [-0.15, -0.1) is 0 Å². The summed E-state index contributed by atoms with van der Waals surface area (Å²) >= 11 is 0. The SMILES string of the molecule is Cc1ccc(NS(=O)(=O)c2ccc(N3CCCC3=O)c(C)c2)cc1. The molecule has 2 aromatic carbocycles. The molecule has 1 heterocycles. The molecule has 0 atom stereocenters. The van der Waals surface area contributed by atoms with E-state index in [1.54, 1.807) is 35.2 Å². The Kier molecular flexibility index (Phi) is 4.32. The van der Waals surface area contributed by atoms with Crippen molar-refractivity contribution in [3.63, 3.8) is 0 Å². The Morgan fingerprint density at radius 3 is 2.33 bits per heavy atom. The van der Waals surface area contributed by atoms with E-state index < -0.39 is 10.0 Å². The highest BCUT2D eigenvalue weighted by Gasteiger charge is 2.24. The monoisotopic (exact) mass is 344 g/mol. The summed E-state index contributed by atoms with van der Waals surface area (Å²) in [5.41, 5.74) is 3.15. The normalized spacial score (nSPS) is 14.9. The van der Waals surface area contributed by atoms with Crippen molar-refractivity contribution in [2.24, 2.45) is 0 Å². The third kappa shape index (κ3) is 3.28. The Bertz CT molecular complexity index is 874. The molecule has 1 saturated heterocycles. The molecule has 5 nitrogen and oxygen atoms in total.